The van der Waals surface area contributed by atoms with Gasteiger partial charge >= 0.3 is 0 Å². The molecule has 0 saturated carbocycles. The number of hydrogen-bond acceptors (Lipinski definition) is 4. The maximum Gasteiger partial charge on any atom is 0.229 e. The predicted octanol–water partition coefficient (Wildman–Crippen LogP) is 2.79. The van der Waals surface area contributed by atoms with Crippen LogP contribution in [0.2, 0.25) is 0 Å². The number of carbonyl (C=O) groups is 1. The number of hydrogen-bond donors (Lipinski definition) is 2. The molecule has 0 unspecified atom stereocenters. The van der Waals surface area contributed by atoms with Gasteiger partial charge in [-0.25, -0.2) is 0 Å². The third-order valence-electron chi connectivity index (χ3n) is 2.85. The first-order chi connectivity index (χ1) is 10.0. The third-order valence-corrected chi connectivity index (χ3v) is 2.85. The summed E-state index contributed by atoms with van der Waals surface area (Å²) in [6.45, 7) is 6.07. The van der Waals surface area contributed by atoms with Gasteiger partial charge < -0.3 is 10.6 Å². The van der Waals surface area contributed by atoms with Gasteiger partial charge in [-0.15, -0.1) is 10.2 Å². The molecule has 1 aromatic carbocycles. The lowest BCUT2D eigenvalue weighted by molar-refractivity contribution is -0.115. The van der Waals surface area contributed by atoms with Gasteiger partial charge in [-0.3, -0.25) is 4.79 Å². The van der Waals surface area contributed by atoms with Crippen molar-refractivity contribution in [1.82, 2.24) is 10.2 Å². The average molecular weight is 284 g/mol. The van der Waals surface area contributed by atoms with Crippen LogP contribution < -0.4 is 10.6 Å². The van der Waals surface area contributed by atoms with E-state index in [1.165, 1.54) is 5.56 Å². The maximum atomic E-state index is 11.9. The lowest BCUT2D eigenvalue weighted by atomic mass is 10.1. The average Bonchev–Trinajstić information content (AvgIpc) is 2.43. The van der Waals surface area contributed by atoms with Crippen molar-refractivity contribution in [3.05, 3.63) is 47.5 Å². The van der Waals surface area contributed by atoms with Crippen LogP contribution in [-0.4, -0.2) is 22.1 Å². The summed E-state index contributed by atoms with van der Waals surface area (Å²) in [7, 11) is 0. The molecule has 5 heteroatoms. The highest BCUT2D eigenvalue weighted by molar-refractivity contribution is 5.91. The van der Waals surface area contributed by atoms with Crippen molar-refractivity contribution >= 4 is 17.5 Å². The molecule has 1 heterocycles. The number of anilines is 2. The summed E-state index contributed by atoms with van der Waals surface area (Å²) in [5.74, 6) is 1.06. The predicted molar refractivity (Wildman–Crippen MR) is 84.3 cm³/mol. The summed E-state index contributed by atoms with van der Waals surface area (Å²) < 4.78 is 0. The molecule has 0 atom stereocenters. The topological polar surface area (TPSA) is 66.9 Å². The van der Waals surface area contributed by atoms with Crippen LogP contribution in [0.15, 0.2) is 36.4 Å². The minimum Gasteiger partial charge on any atom is -0.366 e. The van der Waals surface area contributed by atoms with Gasteiger partial charge in [0.25, 0.3) is 0 Å². The van der Waals surface area contributed by atoms with Gasteiger partial charge in [-0.1, -0.05) is 29.8 Å². The van der Waals surface area contributed by atoms with E-state index in [2.05, 4.69) is 20.8 Å². The minimum atomic E-state index is -0.0993. The van der Waals surface area contributed by atoms with E-state index < -0.39 is 0 Å². The molecular weight excluding hydrogens is 264 g/mol. The van der Waals surface area contributed by atoms with Crippen molar-refractivity contribution in [2.45, 2.75) is 33.2 Å². The Morgan fingerprint density at radius 1 is 1.05 bits per heavy atom. The molecule has 0 bridgehead atoms. The second-order valence-electron chi connectivity index (χ2n) is 5.31. The highest BCUT2D eigenvalue weighted by Gasteiger charge is 2.06. The Morgan fingerprint density at radius 3 is 2.24 bits per heavy atom. The van der Waals surface area contributed by atoms with E-state index in [0.717, 1.165) is 5.56 Å². The van der Waals surface area contributed by atoms with Crippen LogP contribution in [-0.2, 0) is 11.2 Å². The molecule has 2 rings (SSSR count). The molecule has 0 aliphatic carbocycles. The van der Waals surface area contributed by atoms with Crippen LogP contribution in [0.3, 0.4) is 0 Å². The number of amides is 1. The Bertz CT molecular complexity index is 591. The lowest BCUT2D eigenvalue weighted by Crippen LogP contribution is -2.16. The Labute approximate surface area is 124 Å². The molecule has 21 heavy (non-hydrogen) atoms. The maximum absolute atomic E-state index is 11.9. The quantitative estimate of drug-likeness (QED) is 0.886. The Morgan fingerprint density at radius 2 is 1.67 bits per heavy atom. The van der Waals surface area contributed by atoms with Gasteiger partial charge in [0, 0.05) is 6.04 Å². The number of nitrogens with one attached hydrogen (secondary N) is 2. The first-order valence-electron chi connectivity index (χ1n) is 6.98. The molecule has 1 aromatic heterocycles. The number of nitrogens with zero attached hydrogens (tertiary/aromatic N) is 2. The van der Waals surface area contributed by atoms with E-state index in [1.54, 1.807) is 12.1 Å². The molecule has 1 amide bonds. The lowest BCUT2D eigenvalue weighted by Gasteiger charge is -2.09. The Hall–Kier alpha value is -2.43. The number of aryl methyl sites for hydroxylation is 1. The zero-order chi connectivity index (χ0) is 15.2. The largest absolute Gasteiger partial charge is 0.366 e. The van der Waals surface area contributed by atoms with Crippen LogP contribution in [0.1, 0.15) is 25.0 Å². The number of rotatable bonds is 5. The second kappa shape index (κ2) is 6.83. The van der Waals surface area contributed by atoms with Crippen LogP contribution in [0.25, 0.3) is 0 Å². The zero-order valence-corrected chi connectivity index (χ0v) is 12.6. The van der Waals surface area contributed by atoms with Crippen molar-refractivity contribution in [2.24, 2.45) is 0 Å². The van der Waals surface area contributed by atoms with E-state index in [0.29, 0.717) is 24.1 Å². The fraction of sp³-hybridized carbons (Fsp3) is 0.312. The molecule has 0 fully saturated rings. The fourth-order valence-corrected chi connectivity index (χ4v) is 1.85. The number of benzene rings is 1. The highest BCUT2D eigenvalue weighted by atomic mass is 16.1. The first kappa shape index (κ1) is 15.0. The smallest absolute Gasteiger partial charge is 0.229 e. The fourth-order valence-electron chi connectivity index (χ4n) is 1.85. The summed E-state index contributed by atoms with van der Waals surface area (Å²) in [6.07, 6.45) is 0.327. The van der Waals surface area contributed by atoms with Gasteiger partial charge in [0.2, 0.25) is 5.91 Å². The molecular formula is C16H20N4O. The first-order valence-corrected chi connectivity index (χ1v) is 6.98. The van der Waals surface area contributed by atoms with Crippen LogP contribution in [0, 0.1) is 6.92 Å². The van der Waals surface area contributed by atoms with Crippen LogP contribution in [0.5, 0.6) is 0 Å². The summed E-state index contributed by atoms with van der Waals surface area (Å²) in [4.78, 5) is 11.9. The van der Waals surface area contributed by atoms with Crippen molar-refractivity contribution < 1.29 is 4.79 Å². The summed E-state index contributed by atoms with van der Waals surface area (Å²) in [5, 5.41) is 13.9. The highest BCUT2D eigenvalue weighted by Crippen LogP contribution is 2.09. The van der Waals surface area contributed by atoms with Crippen molar-refractivity contribution in [2.75, 3.05) is 10.6 Å². The van der Waals surface area contributed by atoms with E-state index in [9.17, 15) is 4.79 Å². The molecule has 0 aliphatic heterocycles. The van der Waals surface area contributed by atoms with E-state index >= 15 is 0 Å². The standard InChI is InChI=1S/C16H20N4O/c1-11(2)17-14-8-9-15(20-19-14)18-16(21)10-13-6-4-12(3)5-7-13/h4-9,11H,10H2,1-3H3,(H,17,19)(H,18,20,21). The summed E-state index contributed by atoms with van der Waals surface area (Å²) in [5.41, 5.74) is 2.16. The van der Waals surface area contributed by atoms with Crippen LogP contribution >= 0.6 is 0 Å². The Balaban J connectivity index is 1.91. The van der Waals surface area contributed by atoms with Crippen LogP contribution in [0.4, 0.5) is 11.6 Å². The molecule has 0 spiro atoms. The van der Waals surface area contributed by atoms with Crippen molar-refractivity contribution in [3.8, 4) is 0 Å². The zero-order valence-electron chi connectivity index (χ0n) is 12.6. The molecule has 2 N–H and O–H groups in total. The Kier molecular flexibility index (Phi) is 4.87. The van der Waals surface area contributed by atoms with Gasteiger partial charge in [0.05, 0.1) is 6.42 Å². The van der Waals surface area contributed by atoms with E-state index in [4.69, 9.17) is 0 Å². The number of aromatic nitrogens is 2. The summed E-state index contributed by atoms with van der Waals surface area (Å²) in [6, 6.07) is 11.7. The van der Waals surface area contributed by atoms with Crippen molar-refractivity contribution in [3.63, 3.8) is 0 Å². The molecule has 0 aliphatic rings. The summed E-state index contributed by atoms with van der Waals surface area (Å²) >= 11 is 0. The number of carbonyl (C=O) groups excluding carboxylic acids is 1. The van der Waals surface area contributed by atoms with Gasteiger partial charge in [0.15, 0.2) is 5.82 Å². The molecule has 0 radical (unpaired) electrons. The third kappa shape index (κ3) is 4.87. The van der Waals surface area contributed by atoms with Gasteiger partial charge in [-0.05, 0) is 38.5 Å². The second-order valence-corrected chi connectivity index (χ2v) is 5.31. The van der Waals surface area contributed by atoms with E-state index in [-0.39, 0.29) is 5.91 Å². The van der Waals surface area contributed by atoms with E-state index in [1.807, 2.05) is 45.0 Å². The normalized spacial score (nSPS) is 10.5. The molecule has 2 aromatic rings. The molecule has 5 nitrogen and oxygen atoms in total. The monoisotopic (exact) mass is 284 g/mol. The molecule has 0 saturated heterocycles. The van der Waals surface area contributed by atoms with Gasteiger partial charge in [-0.2, -0.15) is 0 Å². The molecule has 110 valence electrons. The van der Waals surface area contributed by atoms with Crippen molar-refractivity contribution in [1.29, 1.82) is 0 Å². The van der Waals surface area contributed by atoms with Gasteiger partial charge in [0.1, 0.15) is 5.82 Å². The minimum absolute atomic E-state index is 0.0993. The SMILES string of the molecule is Cc1ccc(CC(=O)Nc2ccc(NC(C)C)nn2)cc1.